The predicted molar refractivity (Wildman–Crippen MR) is 92.5 cm³/mol. The molecule has 0 aromatic heterocycles. The van der Waals surface area contributed by atoms with E-state index in [9.17, 15) is 14.3 Å². The van der Waals surface area contributed by atoms with E-state index in [0.29, 0.717) is 6.04 Å². The van der Waals surface area contributed by atoms with Gasteiger partial charge in [0, 0.05) is 25.2 Å². The van der Waals surface area contributed by atoms with Crippen molar-refractivity contribution in [2.75, 3.05) is 32.9 Å². The minimum absolute atomic E-state index is 0.0185. The third-order valence-corrected chi connectivity index (χ3v) is 5.38. The first-order chi connectivity index (χ1) is 12.2. The summed E-state index contributed by atoms with van der Waals surface area (Å²) >= 11 is 0. The Balaban J connectivity index is 1.50. The fourth-order valence-corrected chi connectivity index (χ4v) is 3.80. The lowest BCUT2D eigenvalue weighted by Crippen LogP contribution is -2.47. The van der Waals surface area contributed by atoms with Crippen molar-refractivity contribution >= 4 is 5.91 Å². The lowest BCUT2D eigenvalue weighted by molar-refractivity contribution is -0.128. The molecule has 0 radical (unpaired) electrons. The van der Waals surface area contributed by atoms with E-state index in [1.54, 1.807) is 12.1 Å². The Morgan fingerprint density at radius 1 is 1.20 bits per heavy atom. The van der Waals surface area contributed by atoms with E-state index in [1.807, 2.05) is 0 Å². The summed E-state index contributed by atoms with van der Waals surface area (Å²) in [6.45, 7) is 3.34. The number of aliphatic hydroxyl groups excluding tert-OH is 1. The third kappa shape index (κ3) is 4.77. The number of nitrogens with one attached hydrogen (secondary N) is 1. The van der Waals surface area contributed by atoms with E-state index in [4.69, 9.17) is 4.74 Å². The van der Waals surface area contributed by atoms with Crippen LogP contribution in [0.25, 0.3) is 0 Å². The molecule has 1 aromatic rings. The molecule has 2 aliphatic heterocycles. The van der Waals surface area contributed by atoms with Gasteiger partial charge in [-0.05, 0) is 56.5 Å². The fourth-order valence-electron chi connectivity index (χ4n) is 3.80. The fraction of sp³-hybridized carbons (Fsp3) is 0.632. The Hall–Kier alpha value is -1.50. The number of hydrogen-bond donors (Lipinski definition) is 2. The molecule has 0 spiro atoms. The number of aliphatic hydroxyl groups is 1. The maximum absolute atomic E-state index is 13.0. The number of rotatable bonds is 5. The highest BCUT2D eigenvalue weighted by Gasteiger charge is 2.30. The largest absolute Gasteiger partial charge is 0.394 e. The Morgan fingerprint density at radius 2 is 1.84 bits per heavy atom. The van der Waals surface area contributed by atoms with Crippen LogP contribution in [0.15, 0.2) is 24.3 Å². The molecule has 0 unspecified atom stereocenters. The Bertz CT molecular complexity index is 552. The summed E-state index contributed by atoms with van der Waals surface area (Å²) in [5.41, 5.74) is 0.719. The lowest BCUT2D eigenvalue weighted by atomic mass is 9.93. The number of benzene rings is 1. The first-order valence-electron chi connectivity index (χ1n) is 9.16. The normalized spacial score (nSPS) is 21.8. The van der Waals surface area contributed by atoms with Crippen molar-refractivity contribution in [1.82, 2.24) is 10.2 Å². The van der Waals surface area contributed by atoms with Crippen LogP contribution in [0.1, 0.15) is 37.3 Å². The molecule has 2 N–H and O–H groups in total. The van der Waals surface area contributed by atoms with E-state index < -0.39 is 6.04 Å². The summed E-state index contributed by atoms with van der Waals surface area (Å²) in [7, 11) is 0. The van der Waals surface area contributed by atoms with Crippen LogP contribution in [0, 0.1) is 11.7 Å². The zero-order valence-corrected chi connectivity index (χ0v) is 14.5. The molecule has 2 fully saturated rings. The number of carbonyl (C=O) groups excluding carboxylic acids is 1. The summed E-state index contributed by atoms with van der Waals surface area (Å²) in [5.74, 6) is -0.368. The van der Waals surface area contributed by atoms with Gasteiger partial charge in [-0.15, -0.1) is 0 Å². The van der Waals surface area contributed by atoms with E-state index in [-0.39, 0.29) is 24.2 Å². The number of nitrogens with zero attached hydrogens (tertiary/aromatic N) is 1. The molecular formula is C19H27FN2O3. The van der Waals surface area contributed by atoms with Gasteiger partial charge in [-0.3, -0.25) is 4.79 Å². The smallest absolute Gasteiger partial charge is 0.223 e. The Kier molecular flexibility index (Phi) is 6.39. The monoisotopic (exact) mass is 350 g/mol. The molecule has 138 valence electrons. The zero-order chi connectivity index (χ0) is 17.6. The van der Waals surface area contributed by atoms with Crippen molar-refractivity contribution in [3.63, 3.8) is 0 Å². The topological polar surface area (TPSA) is 61.8 Å². The van der Waals surface area contributed by atoms with Crippen molar-refractivity contribution in [3.05, 3.63) is 35.6 Å². The second-order valence-corrected chi connectivity index (χ2v) is 6.95. The first-order valence-corrected chi connectivity index (χ1v) is 9.16. The molecule has 1 atom stereocenters. The molecule has 6 heteroatoms. The van der Waals surface area contributed by atoms with Gasteiger partial charge in [-0.25, -0.2) is 4.39 Å². The second-order valence-electron chi connectivity index (χ2n) is 6.95. The third-order valence-electron chi connectivity index (χ3n) is 5.38. The van der Waals surface area contributed by atoms with Crippen LogP contribution in [-0.4, -0.2) is 54.9 Å². The number of piperidine rings is 1. The summed E-state index contributed by atoms with van der Waals surface area (Å²) in [5, 5.41) is 12.5. The Morgan fingerprint density at radius 3 is 2.44 bits per heavy atom. The van der Waals surface area contributed by atoms with Crippen LogP contribution in [0.3, 0.4) is 0 Å². The highest BCUT2D eigenvalue weighted by molar-refractivity contribution is 5.79. The highest BCUT2D eigenvalue weighted by Crippen LogP contribution is 2.24. The summed E-state index contributed by atoms with van der Waals surface area (Å²) in [6.07, 6.45) is 3.83. The maximum atomic E-state index is 13.0. The van der Waals surface area contributed by atoms with Crippen molar-refractivity contribution in [3.8, 4) is 0 Å². The molecule has 0 bridgehead atoms. The molecule has 2 heterocycles. The molecule has 1 amide bonds. The van der Waals surface area contributed by atoms with E-state index in [1.165, 1.54) is 12.1 Å². The number of carbonyl (C=O) groups is 1. The Labute approximate surface area is 148 Å². The van der Waals surface area contributed by atoms with Crippen LogP contribution < -0.4 is 5.32 Å². The molecule has 2 aliphatic rings. The molecular weight excluding hydrogens is 323 g/mol. The average molecular weight is 350 g/mol. The number of hydrogen-bond acceptors (Lipinski definition) is 4. The number of ether oxygens (including phenoxy) is 1. The number of amides is 1. The molecule has 0 aliphatic carbocycles. The highest BCUT2D eigenvalue weighted by atomic mass is 19.1. The van der Waals surface area contributed by atoms with E-state index >= 15 is 0 Å². The minimum Gasteiger partial charge on any atom is -0.394 e. The maximum Gasteiger partial charge on any atom is 0.223 e. The first kappa shape index (κ1) is 18.3. The molecule has 5 nitrogen and oxygen atoms in total. The zero-order valence-electron chi connectivity index (χ0n) is 14.5. The van der Waals surface area contributed by atoms with Crippen molar-refractivity contribution in [2.45, 2.75) is 37.8 Å². The quantitative estimate of drug-likeness (QED) is 0.851. The molecule has 3 rings (SSSR count). The molecule has 2 saturated heterocycles. The van der Waals surface area contributed by atoms with Crippen LogP contribution in [0.4, 0.5) is 4.39 Å². The van der Waals surface area contributed by atoms with Gasteiger partial charge in [-0.1, -0.05) is 12.1 Å². The summed E-state index contributed by atoms with van der Waals surface area (Å²) in [6, 6.07) is 5.99. The van der Waals surface area contributed by atoms with Crippen molar-refractivity contribution in [1.29, 1.82) is 0 Å². The van der Waals surface area contributed by atoms with Gasteiger partial charge in [0.05, 0.1) is 12.6 Å². The number of halogens is 1. The predicted octanol–water partition coefficient (Wildman–Crippen LogP) is 1.87. The van der Waals surface area contributed by atoms with Gasteiger partial charge in [0.1, 0.15) is 5.82 Å². The van der Waals surface area contributed by atoms with E-state index in [0.717, 1.165) is 57.6 Å². The average Bonchev–Trinajstić information content (AvgIpc) is 2.67. The van der Waals surface area contributed by atoms with Gasteiger partial charge in [0.25, 0.3) is 0 Å². The van der Waals surface area contributed by atoms with Crippen LogP contribution in [-0.2, 0) is 9.53 Å². The van der Waals surface area contributed by atoms with Gasteiger partial charge < -0.3 is 20.1 Å². The van der Waals surface area contributed by atoms with Crippen molar-refractivity contribution in [2.24, 2.45) is 5.92 Å². The van der Waals surface area contributed by atoms with Gasteiger partial charge in [0.2, 0.25) is 5.91 Å². The van der Waals surface area contributed by atoms with E-state index in [2.05, 4.69) is 10.2 Å². The number of likely N-dealkylation sites (tertiary alicyclic amines) is 1. The standard InChI is InChI=1S/C19H27FN2O3/c20-16-3-1-14(2-4-16)18(13-23)21-19(24)15-5-9-22(10-6-15)17-7-11-25-12-8-17/h1-4,15,17-18,23H,5-13H2,(H,21,24)/t18-/m0/s1. The van der Waals surface area contributed by atoms with Gasteiger partial charge in [0.15, 0.2) is 0 Å². The van der Waals surface area contributed by atoms with Crippen molar-refractivity contribution < 1.29 is 19.0 Å². The molecule has 1 aromatic carbocycles. The molecule has 0 saturated carbocycles. The molecule has 25 heavy (non-hydrogen) atoms. The summed E-state index contributed by atoms with van der Waals surface area (Å²) in [4.78, 5) is 15.0. The second kappa shape index (κ2) is 8.74. The van der Waals surface area contributed by atoms with Crippen LogP contribution in [0.5, 0.6) is 0 Å². The van der Waals surface area contributed by atoms with Gasteiger partial charge in [-0.2, -0.15) is 0 Å². The van der Waals surface area contributed by atoms with Crippen LogP contribution in [0.2, 0.25) is 0 Å². The summed E-state index contributed by atoms with van der Waals surface area (Å²) < 4.78 is 18.5. The SMILES string of the molecule is O=C(N[C@@H](CO)c1ccc(F)cc1)C1CCN(C2CCOCC2)CC1. The minimum atomic E-state index is -0.485. The lowest BCUT2D eigenvalue weighted by Gasteiger charge is -2.39. The van der Waals surface area contributed by atoms with Crippen LogP contribution >= 0.6 is 0 Å². The van der Waals surface area contributed by atoms with Gasteiger partial charge >= 0.3 is 0 Å².